The third-order valence-electron chi connectivity index (χ3n) is 6.07. The Morgan fingerprint density at radius 3 is 2.66 bits per heavy atom. The van der Waals surface area contributed by atoms with E-state index in [1.807, 2.05) is 24.3 Å². The minimum Gasteiger partial charge on any atom is -0.346 e. The first-order chi connectivity index (χ1) is 15.0. The number of aryl methyl sites for hydroxylation is 1. The normalized spacial score (nSPS) is 24.6. The summed E-state index contributed by atoms with van der Waals surface area (Å²) in [6, 6.07) is 11.4. The second-order valence-corrected chi connectivity index (χ2v) is 13.0. The molecule has 0 unspecified atom stereocenters. The molecule has 4 rings (SSSR count). The average molecular weight is 497 g/mol. The lowest BCUT2D eigenvalue weighted by Crippen LogP contribution is -2.47. The van der Waals surface area contributed by atoms with Crippen molar-refractivity contribution < 1.29 is 21.6 Å². The predicted octanol–water partition coefficient (Wildman–Crippen LogP) is 3.00. The van der Waals surface area contributed by atoms with Gasteiger partial charge in [0.05, 0.1) is 22.1 Å². The van der Waals surface area contributed by atoms with Crippen LogP contribution in [0.2, 0.25) is 5.02 Å². The van der Waals surface area contributed by atoms with Crippen molar-refractivity contribution in [3.63, 3.8) is 0 Å². The van der Waals surface area contributed by atoms with Crippen LogP contribution in [0.15, 0.2) is 47.4 Å². The predicted molar refractivity (Wildman–Crippen MR) is 123 cm³/mol. The molecule has 0 radical (unpaired) electrons. The quantitative estimate of drug-likeness (QED) is 0.661. The molecule has 0 saturated carbocycles. The number of hydrogen-bond acceptors (Lipinski definition) is 5. The van der Waals surface area contributed by atoms with Crippen LogP contribution in [0, 0.1) is 0 Å². The molecule has 32 heavy (non-hydrogen) atoms. The summed E-state index contributed by atoms with van der Waals surface area (Å²) in [5, 5.41) is 2.75. The standard InChI is InChI=1S/C22H25ClN2O5S2/c1-22(11-12-31(27,28)14-22)24-21(26)16-9-10-18(23)20(13-16)32(29,30)25-19-8-4-6-15-5-2-3-7-17(15)19/h2-3,5,7,9-10,13,19,25H,4,6,8,11-12,14H2,1H3,(H,24,26)/t19-,22-/m0/s1. The van der Waals surface area contributed by atoms with Crippen molar-refractivity contribution >= 4 is 37.4 Å². The number of halogens is 1. The fraction of sp³-hybridized carbons (Fsp3) is 0.409. The maximum atomic E-state index is 13.2. The van der Waals surface area contributed by atoms with Crippen molar-refractivity contribution in [1.29, 1.82) is 0 Å². The summed E-state index contributed by atoms with van der Waals surface area (Å²) in [5.74, 6) is -0.676. The fourth-order valence-electron chi connectivity index (χ4n) is 4.43. The minimum atomic E-state index is -4.01. The summed E-state index contributed by atoms with van der Waals surface area (Å²) in [6.07, 6.45) is 2.74. The molecule has 2 aromatic rings. The highest BCUT2D eigenvalue weighted by molar-refractivity contribution is 7.91. The second-order valence-electron chi connectivity index (χ2n) is 8.77. The summed E-state index contributed by atoms with van der Waals surface area (Å²) in [4.78, 5) is 12.6. The van der Waals surface area contributed by atoms with Gasteiger partial charge < -0.3 is 5.32 Å². The van der Waals surface area contributed by atoms with E-state index in [1.165, 1.54) is 18.2 Å². The molecule has 1 fully saturated rings. The topological polar surface area (TPSA) is 109 Å². The lowest BCUT2D eigenvalue weighted by atomic mass is 9.88. The van der Waals surface area contributed by atoms with E-state index in [2.05, 4.69) is 10.0 Å². The van der Waals surface area contributed by atoms with E-state index in [4.69, 9.17) is 11.6 Å². The molecule has 0 aromatic heterocycles. The van der Waals surface area contributed by atoms with Gasteiger partial charge in [-0.3, -0.25) is 4.79 Å². The van der Waals surface area contributed by atoms with Gasteiger partial charge in [0.15, 0.2) is 9.84 Å². The Labute approximate surface area is 193 Å². The molecular weight excluding hydrogens is 472 g/mol. The van der Waals surface area contributed by atoms with Gasteiger partial charge in [0.1, 0.15) is 4.90 Å². The lowest BCUT2D eigenvalue weighted by molar-refractivity contribution is 0.0915. The van der Waals surface area contributed by atoms with Crippen LogP contribution in [-0.2, 0) is 26.3 Å². The number of fused-ring (bicyclic) bond motifs is 1. The molecule has 1 aliphatic heterocycles. The number of sulfone groups is 1. The molecule has 2 atom stereocenters. The number of amides is 1. The van der Waals surface area contributed by atoms with E-state index in [0.717, 1.165) is 24.0 Å². The third kappa shape index (κ3) is 4.85. The number of sulfonamides is 1. The van der Waals surface area contributed by atoms with Crippen LogP contribution in [0.5, 0.6) is 0 Å². The monoisotopic (exact) mass is 496 g/mol. The van der Waals surface area contributed by atoms with Crippen molar-refractivity contribution in [2.24, 2.45) is 0 Å². The van der Waals surface area contributed by atoms with E-state index in [-0.39, 0.29) is 33.0 Å². The number of nitrogens with one attached hydrogen (secondary N) is 2. The summed E-state index contributed by atoms with van der Waals surface area (Å²) in [6.45, 7) is 1.67. The Balaban J connectivity index is 1.58. The van der Waals surface area contributed by atoms with Gasteiger partial charge in [-0.25, -0.2) is 21.6 Å². The number of rotatable bonds is 5. The van der Waals surface area contributed by atoms with Crippen LogP contribution >= 0.6 is 11.6 Å². The molecule has 1 amide bonds. The SMILES string of the molecule is C[C@]1(NC(=O)c2ccc(Cl)c(S(=O)(=O)N[C@H]3CCCc4ccccc43)c2)CCS(=O)(=O)C1. The minimum absolute atomic E-state index is 0.00722. The van der Waals surface area contributed by atoms with Crippen LogP contribution in [0.1, 0.15) is 53.7 Å². The second kappa shape index (κ2) is 8.44. The van der Waals surface area contributed by atoms with Gasteiger partial charge in [0, 0.05) is 11.6 Å². The number of carbonyl (C=O) groups is 1. The van der Waals surface area contributed by atoms with Crippen LogP contribution in [-0.4, -0.2) is 39.8 Å². The van der Waals surface area contributed by atoms with Gasteiger partial charge in [-0.05, 0) is 61.9 Å². The number of hydrogen-bond donors (Lipinski definition) is 2. The Hall–Kier alpha value is -1.94. The highest BCUT2D eigenvalue weighted by Crippen LogP contribution is 2.32. The van der Waals surface area contributed by atoms with E-state index in [1.54, 1.807) is 6.92 Å². The molecule has 1 aliphatic carbocycles. The largest absolute Gasteiger partial charge is 0.346 e. The molecule has 10 heteroatoms. The van der Waals surface area contributed by atoms with Gasteiger partial charge in [-0.15, -0.1) is 0 Å². The van der Waals surface area contributed by atoms with E-state index >= 15 is 0 Å². The summed E-state index contributed by atoms with van der Waals surface area (Å²) >= 11 is 6.21. The Morgan fingerprint density at radius 2 is 1.94 bits per heavy atom. The van der Waals surface area contributed by atoms with Gasteiger partial charge in [-0.2, -0.15) is 0 Å². The highest BCUT2D eigenvalue weighted by atomic mass is 35.5. The van der Waals surface area contributed by atoms with E-state index < -0.39 is 31.3 Å². The first kappa shape index (κ1) is 23.2. The molecular formula is C22H25ClN2O5S2. The third-order valence-corrected chi connectivity index (χ3v) is 9.92. The smallest absolute Gasteiger partial charge is 0.251 e. The van der Waals surface area contributed by atoms with Crippen LogP contribution < -0.4 is 10.0 Å². The molecule has 172 valence electrons. The zero-order valence-corrected chi connectivity index (χ0v) is 20.0. The highest BCUT2D eigenvalue weighted by Gasteiger charge is 2.39. The van der Waals surface area contributed by atoms with Crippen LogP contribution in [0.3, 0.4) is 0 Å². The molecule has 1 heterocycles. The molecule has 0 spiro atoms. The van der Waals surface area contributed by atoms with E-state index in [0.29, 0.717) is 12.8 Å². The molecule has 2 aromatic carbocycles. The van der Waals surface area contributed by atoms with Crippen molar-refractivity contribution in [3.05, 3.63) is 64.2 Å². The Bertz CT molecular complexity index is 1280. The molecule has 1 saturated heterocycles. The molecule has 0 bridgehead atoms. The maximum absolute atomic E-state index is 13.2. The van der Waals surface area contributed by atoms with Crippen molar-refractivity contribution in [2.75, 3.05) is 11.5 Å². The van der Waals surface area contributed by atoms with Crippen molar-refractivity contribution in [2.45, 2.75) is 49.1 Å². The van der Waals surface area contributed by atoms with Gasteiger partial charge in [0.25, 0.3) is 5.91 Å². The fourth-order valence-corrected chi connectivity index (χ4v) is 8.30. The van der Waals surface area contributed by atoms with Crippen molar-refractivity contribution in [1.82, 2.24) is 10.0 Å². The van der Waals surface area contributed by atoms with Crippen LogP contribution in [0.25, 0.3) is 0 Å². The Morgan fingerprint density at radius 1 is 1.19 bits per heavy atom. The first-order valence-corrected chi connectivity index (χ1v) is 14.1. The van der Waals surface area contributed by atoms with Crippen molar-refractivity contribution in [3.8, 4) is 0 Å². The maximum Gasteiger partial charge on any atom is 0.251 e. The molecule has 2 N–H and O–H groups in total. The van der Waals surface area contributed by atoms with Gasteiger partial charge >= 0.3 is 0 Å². The summed E-state index contributed by atoms with van der Waals surface area (Å²) in [7, 11) is -7.21. The number of benzene rings is 2. The van der Waals surface area contributed by atoms with Crippen LogP contribution in [0.4, 0.5) is 0 Å². The Kier molecular flexibility index (Phi) is 6.13. The van der Waals surface area contributed by atoms with Gasteiger partial charge in [0.2, 0.25) is 10.0 Å². The zero-order valence-electron chi connectivity index (χ0n) is 17.6. The zero-order chi connectivity index (χ0) is 23.1. The first-order valence-electron chi connectivity index (χ1n) is 10.4. The molecule has 2 aliphatic rings. The van der Waals surface area contributed by atoms with E-state index in [9.17, 15) is 21.6 Å². The number of carbonyl (C=O) groups excluding carboxylic acids is 1. The average Bonchev–Trinajstić information content (AvgIpc) is 3.00. The summed E-state index contributed by atoms with van der Waals surface area (Å²) in [5.41, 5.74) is 1.27. The summed E-state index contributed by atoms with van der Waals surface area (Å²) < 4.78 is 52.8. The molecule has 7 nitrogen and oxygen atoms in total. The lowest BCUT2D eigenvalue weighted by Gasteiger charge is -2.26. The van der Waals surface area contributed by atoms with Gasteiger partial charge in [-0.1, -0.05) is 35.9 Å².